The molecular formula is C33H31BrN2O8S. The number of fused-ring (bicyclic) bond motifs is 1. The quantitative estimate of drug-likeness (QED) is 0.216. The first-order chi connectivity index (χ1) is 21.6. The first kappa shape index (κ1) is 32.0. The molecule has 45 heavy (non-hydrogen) atoms. The normalized spacial score (nSPS) is 14.6. The Labute approximate surface area is 271 Å². The van der Waals surface area contributed by atoms with Crippen molar-refractivity contribution >= 4 is 45.3 Å². The summed E-state index contributed by atoms with van der Waals surface area (Å²) in [4.78, 5) is 44.4. The predicted octanol–water partition coefficient (Wildman–Crippen LogP) is 5.32. The van der Waals surface area contributed by atoms with Gasteiger partial charge in [-0.2, -0.15) is 0 Å². The van der Waals surface area contributed by atoms with Gasteiger partial charge in [0.05, 0.1) is 54.8 Å². The molecule has 2 aromatic carbocycles. The van der Waals surface area contributed by atoms with Gasteiger partial charge in [-0.1, -0.05) is 33.3 Å². The highest BCUT2D eigenvalue weighted by molar-refractivity contribution is 9.10. The van der Waals surface area contributed by atoms with Gasteiger partial charge < -0.3 is 23.4 Å². The van der Waals surface area contributed by atoms with E-state index >= 15 is 0 Å². The molecule has 0 amide bonds. The summed E-state index contributed by atoms with van der Waals surface area (Å²) >= 11 is 4.82. The number of thiazole rings is 1. The number of benzene rings is 2. The van der Waals surface area contributed by atoms with E-state index in [1.54, 1.807) is 69.5 Å². The van der Waals surface area contributed by atoms with E-state index in [9.17, 15) is 14.4 Å². The average Bonchev–Trinajstić information content (AvgIpc) is 3.60. The molecule has 0 radical (unpaired) electrons. The zero-order valence-corrected chi connectivity index (χ0v) is 28.0. The molecule has 4 aromatic rings. The van der Waals surface area contributed by atoms with Gasteiger partial charge in [0.15, 0.2) is 16.3 Å². The van der Waals surface area contributed by atoms with E-state index in [0.29, 0.717) is 60.3 Å². The molecule has 1 aliphatic heterocycles. The molecule has 0 N–H and O–H groups in total. The van der Waals surface area contributed by atoms with Crippen LogP contribution in [0, 0.1) is 6.92 Å². The lowest BCUT2D eigenvalue weighted by Gasteiger charge is -2.26. The molecule has 0 saturated carbocycles. The molecule has 0 fully saturated rings. The van der Waals surface area contributed by atoms with Crippen molar-refractivity contribution in [3.8, 4) is 22.8 Å². The third-order valence-electron chi connectivity index (χ3n) is 7.21. The van der Waals surface area contributed by atoms with Crippen molar-refractivity contribution < 1.29 is 33.0 Å². The number of carbonyl (C=O) groups excluding carboxylic acids is 2. The Morgan fingerprint density at radius 3 is 2.49 bits per heavy atom. The van der Waals surface area contributed by atoms with Crippen LogP contribution in [0.1, 0.15) is 54.1 Å². The number of allylic oxidation sites excluding steroid dienone is 1. The summed E-state index contributed by atoms with van der Waals surface area (Å²) in [5, 5.41) is 0. The van der Waals surface area contributed by atoms with E-state index in [1.165, 1.54) is 23.0 Å². The van der Waals surface area contributed by atoms with Crippen LogP contribution in [0.5, 0.6) is 11.5 Å². The van der Waals surface area contributed by atoms with Gasteiger partial charge in [0.2, 0.25) is 0 Å². The van der Waals surface area contributed by atoms with Gasteiger partial charge in [-0.05, 0) is 75.2 Å². The third kappa shape index (κ3) is 6.12. The fourth-order valence-corrected chi connectivity index (χ4v) is 6.73. The lowest BCUT2D eigenvalue weighted by molar-refractivity contribution is -0.139. The first-order valence-corrected chi connectivity index (χ1v) is 15.7. The van der Waals surface area contributed by atoms with Crippen LogP contribution in [0.2, 0.25) is 0 Å². The molecule has 234 valence electrons. The van der Waals surface area contributed by atoms with Gasteiger partial charge in [0.1, 0.15) is 11.5 Å². The molecule has 0 saturated heterocycles. The summed E-state index contributed by atoms with van der Waals surface area (Å²) in [6, 6.07) is 11.4. The number of hydrogen-bond acceptors (Lipinski definition) is 10. The molecule has 1 atom stereocenters. The Balaban J connectivity index is 1.64. The SMILES string of the molecule is CCOC(=O)C1=C(C)N=c2s/c(=C/c3ccc(-c4ccc(C(=O)OC)cc4C)o3)c(=O)n2[C@H]1c1cc(OCC)c(OC)cc1Br. The summed E-state index contributed by atoms with van der Waals surface area (Å²) in [5.74, 6) is 1.01. The maximum Gasteiger partial charge on any atom is 0.338 e. The summed E-state index contributed by atoms with van der Waals surface area (Å²) in [6.07, 6.45) is 1.65. The number of nitrogens with zero attached hydrogens (tertiary/aromatic N) is 2. The van der Waals surface area contributed by atoms with Crippen LogP contribution >= 0.6 is 27.3 Å². The molecule has 5 rings (SSSR count). The molecular weight excluding hydrogens is 664 g/mol. The number of methoxy groups -OCH3 is 2. The highest BCUT2D eigenvalue weighted by Crippen LogP contribution is 2.41. The monoisotopic (exact) mass is 694 g/mol. The lowest BCUT2D eigenvalue weighted by atomic mass is 9.95. The fourth-order valence-electron chi connectivity index (χ4n) is 5.16. The Bertz CT molecular complexity index is 2020. The summed E-state index contributed by atoms with van der Waals surface area (Å²) in [6.45, 7) is 7.73. The maximum absolute atomic E-state index is 14.1. The van der Waals surface area contributed by atoms with Crippen molar-refractivity contribution in [3.63, 3.8) is 0 Å². The van der Waals surface area contributed by atoms with Crippen LogP contribution in [0.3, 0.4) is 0 Å². The van der Waals surface area contributed by atoms with E-state index in [0.717, 1.165) is 11.1 Å². The van der Waals surface area contributed by atoms with Crippen molar-refractivity contribution in [1.29, 1.82) is 0 Å². The van der Waals surface area contributed by atoms with Gasteiger partial charge in [0, 0.05) is 16.1 Å². The zero-order chi connectivity index (χ0) is 32.4. The minimum atomic E-state index is -0.856. The molecule has 1 aliphatic rings. The molecule has 0 unspecified atom stereocenters. The third-order valence-corrected chi connectivity index (χ3v) is 8.88. The second-order valence-electron chi connectivity index (χ2n) is 9.98. The Morgan fingerprint density at radius 1 is 1.04 bits per heavy atom. The molecule has 0 spiro atoms. The first-order valence-electron chi connectivity index (χ1n) is 14.1. The van der Waals surface area contributed by atoms with Crippen molar-refractivity contribution in [2.45, 2.75) is 33.7 Å². The number of aromatic nitrogens is 1. The molecule has 12 heteroatoms. The van der Waals surface area contributed by atoms with Crippen LogP contribution in [0.4, 0.5) is 0 Å². The molecule has 3 heterocycles. The molecule has 0 bridgehead atoms. The predicted molar refractivity (Wildman–Crippen MR) is 172 cm³/mol. The van der Waals surface area contributed by atoms with Crippen molar-refractivity contribution in [1.82, 2.24) is 4.57 Å². The molecule has 0 aliphatic carbocycles. The molecule has 2 aromatic heterocycles. The number of rotatable bonds is 9. The number of hydrogen-bond donors (Lipinski definition) is 0. The van der Waals surface area contributed by atoms with E-state index in [1.807, 2.05) is 13.8 Å². The Hall–Kier alpha value is -4.42. The number of furan rings is 1. The van der Waals surface area contributed by atoms with Crippen LogP contribution in [0.15, 0.2) is 72.4 Å². The van der Waals surface area contributed by atoms with Crippen LogP contribution in [0.25, 0.3) is 17.4 Å². The number of esters is 2. The Kier molecular flexibility index (Phi) is 9.45. The largest absolute Gasteiger partial charge is 0.493 e. The van der Waals surface area contributed by atoms with E-state index < -0.39 is 18.0 Å². The van der Waals surface area contributed by atoms with E-state index in [-0.39, 0.29) is 17.7 Å². The topological polar surface area (TPSA) is 119 Å². The Morgan fingerprint density at radius 2 is 1.82 bits per heavy atom. The smallest absolute Gasteiger partial charge is 0.338 e. The zero-order valence-electron chi connectivity index (χ0n) is 25.6. The fraction of sp³-hybridized carbons (Fsp3) is 0.273. The van der Waals surface area contributed by atoms with E-state index in [2.05, 4.69) is 20.9 Å². The summed E-state index contributed by atoms with van der Waals surface area (Å²) in [7, 11) is 2.88. The average molecular weight is 696 g/mol. The highest BCUT2D eigenvalue weighted by Gasteiger charge is 2.35. The standard InChI is InChI=1S/C33H31BrN2O8S/c1-7-42-26-15-22(23(34)16-25(26)40-5)29-28(32(39)43-8-2)18(4)35-33-36(29)30(37)27(45-33)14-20-10-12-24(44-20)21-11-9-19(13-17(21)3)31(38)41-6/h9-16,29H,7-8H2,1-6H3/b27-14+/t29-/m0/s1. The van der Waals surface area contributed by atoms with Crippen molar-refractivity contribution in [2.24, 2.45) is 4.99 Å². The summed E-state index contributed by atoms with van der Waals surface area (Å²) < 4.78 is 30.2. The lowest BCUT2D eigenvalue weighted by Crippen LogP contribution is -2.40. The van der Waals surface area contributed by atoms with Crippen LogP contribution in [-0.2, 0) is 14.3 Å². The number of carbonyl (C=O) groups is 2. The summed E-state index contributed by atoms with van der Waals surface area (Å²) in [5.41, 5.74) is 3.01. The maximum atomic E-state index is 14.1. The minimum absolute atomic E-state index is 0.159. The second-order valence-corrected chi connectivity index (χ2v) is 11.8. The van der Waals surface area contributed by atoms with Gasteiger partial charge in [-0.15, -0.1) is 0 Å². The van der Waals surface area contributed by atoms with E-state index in [4.69, 9.17) is 23.4 Å². The highest BCUT2D eigenvalue weighted by atomic mass is 79.9. The van der Waals surface area contributed by atoms with Crippen molar-refractivity contribution in [2.75, 3.05) is 27.4 Å². The minimum Gasteiger partial charge on any atom is -0.493 e. The van der Waals surface area contributed by atoms with Crippen LogP contribution < -0.4 is 24.4 Å². The van der Waals surface area contributed by atoms with Gasteiger partial charge >= 0.3 is 11.9 Å². The number of aryl methyl sites for hydroxylation is 1. The molecule has 10 nitrogen and oxygen atoms in total. The van der Waals surface area contributed by atoms with Gasteiger partial charge in [0.25, 0.3) is 5.56 Å². The van der Waals surface area contributed by atoms with Gasteiger partial charge in [-0.25, -0.2) is 14.6 Å². The van der Waals surface area contributed by atoms with Crippen LogP contribution in [-0.4, -0.2) is 43.9 Å². The van der Waals surface area contributed by atoms with Crippen molar-refractivity contribution in [3.05, 3.63) is 100 Å². The second kappa shape index (κ2) is 13.3. The van der Waals surface area contributed by atoms with Gasteiger partial charge in [-0.3, -0.25) is 9.36 Å². The number of halogens is 1. The number of ether oxygens (including phenoxy) is 4.